The van der Waals surface area contributed by atoms with Crippen molar-refractivity contribution in [3.63, 3.8) is 0 Å². The monoisotopic (exact) mass is 292 g/mol. The summed E-state index contributed by atoms with van der Waals surface area (Å²) in [6.07, 6.45) is 0. The van der Waals surface area contributed by atoms with Crippen molar-refractivity contribution >= 4 is 22.6 Å². The van der Waals surface area contributed by atoms with Crippen LogP contribution in [0, 0.1) is 5.82 Å². The zero-order valence-electron chi connectivity index (χ0n) is 11.0. The summed E-state index contributed by atoms with van der Waals surface area (Å²) in [4.78, 5) is 24.7. The number of anilines is 1. The van der Waals surface area contributed by atoms with E-state index in [0.29, 0.717) is 24.3 Å². The molecule has 0 radical (unpaired) electrons. The first-order valence-corrected chi connectivity index (χ1v) is 6.49. The molecule has 7 nitrogen and oxygen atoms in total. The van der Waals surface area contributed by atoms with Crippen LogP contribution < -0.4 is 15.6 Å². The highest BCUT2D eigenvalue weighted by atomic mass is 19.1. The van der Waals surface area contributed by atoms with Gasteiger partial charge in [-0.15, -0.1) is 0 Å². The van der Waals surface area contributed by atoms with Gasteiger partial charge in [0.1, 0.15) is 5.82 Å². The standard InChI is InChI=1S/C13H13FN4O3/c14-8-5-7-9(16-17-11(12(7)19)13(20)21)6-10(8)18-3-1-15-2-4-18/h5-6,15H,1-4H2,(H,16,19)(H,20,21). The van der Waals surface area contributed by atoms with Crippen LogP contribution in [-0.2, 0) is 0 Å². The second-order valence-electron chi connectivity index (χ2n) is 4.79. The van der Waals surface area contributed by atoms with E-state index in [1.165, 1.54) is 6.07 Å². The lowest BCUT2D eigenvalue weighted by Crippen LogP contribution is -2.43. The number of hydrogen-bond acceptors (Lipinski definition) is 5. The lowest BCUT2D eigenvalue weighted by Gasteiger charge is -2.29. The number of fused-ring (bicyclic) bond motifs is 1. The summed E-state index contributed by atoms with van der Waals surface area (Å²) in [5.41, 5.74) is -0.733. The minimum Gasteiger partial charge on any atom is -0.476 e. The summed E-state index contributed by atoms with van der Waals surface area (Å²) < 4.78 is 14.2. The third kappa shape index (κ3) is 2.33. The zero-order chi connectivity index (χ0) is 15.0. The maximum absolute atomic E-state index is 14.2. The molecule has 0 unspecified atom stereocenters. The number of halogens is 1. The normalized spacial score (nSPS) is 15.4. The van der Waals surface area contributed by atoms with Crippen LogP contribution >= 0.6 is 0 Å². The number of aromatic amines is 1. The Morgan fingerprint density at radius 3 is 2.71 bits per heavy atom. The number of aromatic nitrogens is 2. The van der Waals surface area contributed by atoms with Crippen molar-refractivity contribution in [1.29, 1.82) is 0 Å². The molecule has 21 heavy (non-hydrogen) atoms. The average molecular weight is 292 g/mol. The molecule has 2 heterocycles. The number of nitrogens with zero attached hydrogens (tertiary/aromatic N) is 2. The molecule has 3 rings (SSSR count). The fourth-order valence-electron chi connectivity index (χ4n) is 2.43. The minimum atomic E-state index is -1.44. The van der Waals surface area contributed by atoms with Crippen molar-refractivity contribution in [2.45, 2.75) is 0 Å². The van der Waals surface area contributed by atoms with Gasteiger partial charge in [0.25, 0.3) is 0 Å². The van der Waals surface area contributed by atoms with Crippen molar-refractivity contribution in [2.75, 3.05) is 31.1 Å². The summed E-state index contributed by atoms with van der Waals surface area (Å²) in [5.74, 6) is -1.98. The number of piperazine rings is 1. The fraction of sp³-hybridized carbons (Fsp3) is 0.308. The largest absolute Gasteiger partial charge is 0.476 e. The highest BCUT2D eigenvalue weighted by Gasteiger charge is 2.19. The molecule has 0 amide bonds. The van der Waals surface area contributed by atoms with Gasteiger partial charge in [-0.05, 0) is 12.1 Å². The van der Waals surface area contributed by atoms with Gasteiger partial charge in [-0.3, -0.25) is 9.89 Å². The molecule has 1 fully saturated rings. The maximum atomic E-state index is 14.2. The Labute approximate surface area is 118 Å². The number of hydrogen-bond donors (Lipinski definition) is 3. The van der Waals surface area contributed by atoms with Gasteiger partial charge < -0.3 is 15.3 Å². The molecule has 2 aromatic rings. The molecule has 1 aliphatic heterocycles. The SMILES string of the molecule is O=C(O)c1n[nH]c2cc(N3CCNCC3)c(F)cc2c1=O. The first-order valence-electron chi connectivity index (χ1n) is 6.49. The second-order valence-corrected chi connectivity index (χ2v) is 4.79. The summed E-state index contributed by atoms with van der Waals surface area (Å²) >= 11 is 0. The number of carboxylic acids is 1. The summed E-state index contributed by atoms with van der Waals surface area (Å²) in [6, 6.07) is 2.57. The molecular weight excluding hydrogens is 279 g/mol. The second kappa shape index (κ2) is 5.13. The Hall–Kier alpha value is -2.48. The zero-order valence-corrected chi connectivity index (χ0v) is 11.0. The van der Waals surface area contributed by atoms with Gasteiger partial charge in [-0.1, -0.05) is 0 Å². The highest BCUT2D eigenvalue weighted by molar-refractivity contribution is 5.91. The van der Waals surface area contributed by atoms with Crippen LogP contribution in [0.15, 0.2) is 16.9 Å². The third-order valence-corrected chi connectivity index (χ3v) is 3.50. The van der Waals surface area contributed by atoms with E-state index in [1.807, 2.05) is 4.90 Å². The van der Waals surface area contributed by atoms with Crippen LogP contribution in [-0.4, -0.2) is 47.5 Å². The van der Waals surface area contributed by atoms with Crippen LogP contribution in [0.3, 0.4) is 0 Å². The molecule has 1 aromatic carbocycles. The first-order chi connectivity index (χ1) is 10.1. The number of nitrogens with one attached hydrogen (secondary N) is 2. The van der Waals surface area contributed by atoms with Gasteiger partial charge in [-0.25, -0.2) is 9.18 Å². The molecule has 8 heteroatoms. The Bertz CT molecular complexity index is 768. The Kier molecular flexibility index (Phi) is 3.30. The van der Waals surface area contributed by atoms with Gasteiger partial charge >= 0.3 is 5.97 Å². The molecule has 1 aliphatic rings. The number of carbonyl (C=O) groups is 1. The van der Waals surface area contributed by atoms with E-state index in [0.717, 1.165) is 19.2 Å². The van der Waals surface area contributed by atoms with E-state index in [9.17, 15) is 14.0 Å². The molecule has 1 aromatic heterocycles. The Balaban J connectivity index is 2.14. The fourth-order valence-corrected chi connectivity index (χ4v) is 2.43. The van der Waals surface area contributed by atoms with Crippen LogP contribution in [0.4, 0.5) is 10.1 Å². The van der Waals surface area contributed by atoms with Crippen LogP contribution in [0.25, 0.3) is 10.9 Å². The molecular formula is C13H13FN4O3. The minimum absolute atomic E-state index is 0.0150. The predicted octanol–water partition coefficient (Wildman–Crippen LogP) is 0.170. The van der Waals surface area contributed by atoms with Gasteiger partial charge in [0.05, 0.1) is 16.6 Å². The predicted molar refractivity (Wildman–Crippen MR) is 74.4 cm³/mol. The molecule has 110 valence electrons. The Morgan fingerprint density at radius 2 is 2.05 bits per heavy atom. The molecule has 0 saturated carbocycles. The van der Waals surface area contributed by atoms with E-state index in [1.54, 1.807) is 0 Å². The van der Waals surface area contributed by atoms with Crippen molar-refractivity contribution in [2.24, 2.45) is 0 Å². The van der Waals surface area contributed by atoms with Crippen molar-refractivity contribution in [1.82, 2.24) is 15.5 Å². The van der Waals surface area contributed by atoms with Crippen LogP contribution in [0.5, 0.6) is 0 Å². The van der Waals surface area contributed by atoms with Gasteiger partial charge in [0.15, 0.2) is 0 Å². The number of benzene rings is 1. The molecule has 0 atom stereocenters. The lowest BCUT2D eigenvalue weighted by molar-refractivity contribution is 0.0688. The van der Waals surface area contributed by atoms with Crippen LogP contribution in [0.2, 0.25) is 0 Å². The van der Waals surface area contributed by atoms with E-state index in [4.69, 9.17) is 5.11 Å². The van der Waals surface area contributed by atoms with E-state index in [2.05, 4.69) is 15.5 Å². The van der Waals surface area contributed by atoms with Gasteiger partial charge in [-0.2, -0.15) is 5.10 Å². The van der Waals surface area contributed by atoms with E-state index >= 15 is 0 Å². The topological polar surface area (TPSA) is 98.3 Å². The highest BCUT2D eigenvalue weighted by Crippen LogP contribution is 2.23. The van der Waals surface area contributed by atoms with Crippen LogP contribution in [0.1, 0.15) is 10.5 Å². The lowest BCUT2D eigenvalue weighted by atomic mass is 10.1. The smallest absolute Gasteiger partial charge is 0.360 e. The van der Waals surface area contributed by atoms with Gasteiger partial charge in [0, 0.05) is 26.2 Å². The number of carboxylic acid groups (broad SMARTS) is 1. The third-order valence-electron chi connectivity index (χ3n) is 3.50. The quantitative estimate of drug-likeness (QED) is 0.730. The molecule has 1 saturated heterocycles. The molecule has 0 bridgehead atoms. The number of rotatable bonds is 2. The average Bonchev–Trinajstić information content (AvgIpc) is 2.48. The van der Waals surface area contributed by atoms with Crippen molar-refractivity contribution in [3.05, 3.63) is 33.9 Å². The molecule has 0 aliphatic carbocycles. The summed E-state index contributed by atoms with van der Waals surface area (Å²) in [7, 11) is 0. The summed E-state index contributed by atoms with van der Waals surface area (Å²) in [5, 5.41) is 18.1. The first kappa shape index (κ1) is 13.5. The molecule has 3 N–H and O–H groups in total. The number of aromatic carboxylic acids is 1. The maximum Gasteiger partial charge on any atom is 0.360 e. The van der Waals surface area contributed by atoms with Crippen molar-refractivity contribution in [3.8, 4) is 0 Å². The number of H-pyrrole nitrogens is 1. The summed E-state index contributed by atoms with van der Waals surface area (Å²) in [6.45, 7) is 2.83. The van der Waals surface area contributed by atoms with Crippen molar-refractivity contribution < 1.29 is 14.3 Å². The van der Waals surface area contributed by atoms with E-state index in [-0.39, 0.29) is 5.39 Å². The van der Waals surface area contributed by atoms with Gasteiger partial charge in [0.2, 0.25) is 11.1 Å². The molecule has 0 spiro atoms. The van der Waals surface area contributed by atoms with E-state index < -0.39 is 22.9 Å². The Morgan fingerprint density at radius 1 is 1.33 bits per heavy atom.